The predicted octanol–water partition coefficient (Wildman–Crippen LogP) is 1.56. The number of carbonyl (C=O) groups is 4. The molecule has 0 aromatic heterocycles. The summed E-state index contributed by atoms with van der Waals surface area (Å²) in [7, 11) is 0. The van der Waals surface area contributed by atoms with Crippen molar-refractivity contribution in [3.8, 4) is 0 Å². The summed E-state index contributed by atoms with van der Waals surface area (Å²) in [6.07, 6.45) is -0.427. The third-order valence-electron chi connectivity index (χ3n) is 3.85. The molecule has 1 aliphatic heterocycles. The van der Waals surface area contributed by atoms with Crippen LogP contribution < -0.4 is 11.1 Å². The van der Waals surface area contributed by atoms with Gasteiger partial charge in [-0.1, -0.05) is 15.9 Å². The van der Waals surface area contributed by atoms with Gasteiger partial charge in [0.05, 0.1) is 17.7 Å². The molecular weight excluding hydrogens is 420 g/mol. The Morgan fingerprint density at radius 3 is 2.63 bits per heavy atom. The molecule has 0 unspecified atom stereocenters. The van der Waals surface area contributed by atoms with Crippen molar-refractivity contribution < 1.29 is 23.9 Å². The monoisotopic (exact) mass is 440 g/mol. The molecule has 10 heteroatoms. The van der Waals surface area contributed by atoms with E-state index in [-0.39, 0.29) is 44.6 Å². The van der Waals surface area contributed by atoms with E-state index >= 15 is 0 Å². The summed E-state index contributed by atoms with van der Waals surface area (Å²) in [5, 5.41) is 2.56. The molecule has 0 fully saturated rings. The van der Waals surface area contributed by atoms with Crippen molar-refractivity contribution in [3.05, 3.63) is 33.8 Å². The second kappa shape index (κ2) is 9.47. The van der Waals surface area contributed by atoms with Crippen LogP contribution >= 0.6 is 15.9 Å². The first-order valence-electron chi connectivity index (χ1n) is 8.48. The number of benzene rings is 1. The normalized spacial score (nSPS) is 12.8. The third-order valence-corrected chi connectivity index (χ3v) is 4.35. The van der Waals surface area contributed by atoms with Gasteiger partial charge in [0.15, 0.2) is 0 Å². The van der Waals surface area contributed by atoms with Gasteiger partial charge in [-0.05, 0) is 31.5 Å². The lowest BCUT2D eigenvalue weighted by Gasteiger charge is -2.20. The summed E-state index contributed by atoms with van der Waals surface area (Å²) >= 11 is 3.28. The Morgan fingerprint density at radius 1 is 1.26 bits per heavy atom. The van der Waals surface area contributed by atoms with Crippen molar-refractivity contribution in [3.63, 3.8) is 0 Å². The topological polar surface area (TPSA) is 122 Å². The second-order valence-electron chi connectivity index (χ2n) is 5.68. The van der Waals surface area contributed by atoms with E-state index in [1.54, 1.807) is 25.1 Å². The molecule has 146 valence electrons. The largest absolute Gasteiger partial charge is 0.449 e. The molecule has 3 N–H and O–H groups in total. The average molecular weight is 441 g/mol. The molecule has 1 heterocycles. The van der Waals surface area contributed by atoms with Gasteiger partial charge in [0.25, 0.3) is 11.8 Å². The van der Waals surface area contributed by atoms with Crippen molar-refractivity contribution in [2.45, 2.75) is 13.3 Å². The molecule has 27 heavy (non-hydrogen) atoms. The van der Waals surface area contributed by atoms with Gasteiger partial charge in [0.2, 0.25) is 0 Å². The van der Waals surface area contributed by atoms with E-state index in [0.29, 0.717) is 17.5 Å². The van der Waals surface area contributed by atoms with E-state index in [1.807, 2.05) is 0 Å². The van der Waals surface area contributed by atoms with Crippen LogP contribution in [0.3, 0.4) is 0 Å². The first kappa shape index (κ1) is 20.8. The minimum Gasteiger partial charge on any atom is -0.449 e. The maximum Gasteiger partial charge on any atom is 0.418 e. The van der Waals surface area contributed by atoms with Crippen molar-refractivity contribution in [1.29, 1.82) is 0 Å². The van der Waals surface area contributed by atoms with E-state index in [2.05, 4.69) is 21.2 Å². The number of ether oxygens (including phenoxy) is 1. The van der Waals surface area contributed by atoms with Crippen LogP contribution in [0.2, 0.25) is 0 Å². The second-order valence-corrected chi connectivity index (χ2v) is 6.59. The Balaban J connectivity index is 1.86. The highest BCUT2D eigenvalue weighted by molar-refractivity contribution is 9.10. The molecule has 1 aliphatic rings. The highest BCUT2D eigenvalue weighted by atomic mass is 79.9. The number of carbonyl (C=O) groups excluding carboxylic acids is 4. The standard InChI is InChI=1S/C17H21BrN4O5/c1-2-27-17(26)22(9-6-19)16(25)20-7-3-8-21-14(23)12-5-4-11(18)10-13(12)15(21)24/h4-5,10H,2-3,6-9,19H2,1H3,(H,20,25). The van der Waals surface area contributed by atoms with E-state index in [0.717, 1.165) is 14.3 Å². The lowest BCUT2D eigenvalue weighted by Crippen LogP contribution is -2.47. The van der Waals surface area contributed by atoms with Gasteiger partial charge in [-0.25, -0.2) is 14.5 Å². The molecule has 0 bridgehead atoms. The molecule has 1 aromatic carbocycles. The zero-order valence-corrected chi connectivity index (χ0v) is 16.5. The van der Waals surface area contributed by atoms with Crippen LogP contribution in [0, 0.1) is 0 Å². The average Bonchev–Trinajstić information content (AvgIpc) is 2.87. The summed E-state index contributed by atoms with van der Waals surface area (Å²) in [5.74, 6) is -0.719. The Hall–Kier alpha value is -2.46. The quantitative estimate of drug-likeness (QED) is 0.489. The zero-order valence-electron chi connectivity index (χ0n) is 14.9. The highest BCUT2D eigenvalue weighted by Crippen LogP contribution is 2.25. The first-order chi connectivity index (χ1) is 12.9. The van der Waals surface area contributed by atoms with Crippen molar-refractivity contribution in [2.24, 2.45) is 5.73 Å². The van der Waals surface area contributed by atoms with E-state index in [1.165, 1.54) is 0 Å². The summed E-state index contributed by atoms with van der Waals surface area (Å²) in [6.45, 7) is 2.24. The molecule has 5 amide bonds. The first-order valence-corrected chi connectivity index (χ1v) is 9.28. The van der Waals surface area contributed by atoms with Crippen molar-refractivity contribution in [2.75, 3.05) is 32.8 Å². The Labute approximate surface area is 164 Å². The molecule has 0 radical (unpaired) electrons. The molecular formula is C17H21BrN4O5. The number of nitrogens with zero attached hydrogens (tertiary/aromatic N) is 2. The van der Waals surface area contributed by atoms with Crippen LogP contribution in [0.1, 0.15) is 34.1 Å². The molecule has 0 spiro atoms. The third kappa shape index (κ3) is 4.83. The minimum atomic E-state index is -0.772. The fourth-order valence-corrected chi connectivity index (χ4v) is 2.96. The number of hydrogen-bond donors (Lipinski definition) is 2. The van der Waals surface area contributed by atoms with Crippen LogP contribution in [0.25, 0.3) is 0 Å². The van der Waals surface area contributed by atoms with Gasteiger partial charge in [-0.2, -0.15) is 0 Å². The number of nitrogens with two attached hydrogens (primary N) is 1. The number of hydrogen-bond acceptors (Lipinski definition) is 6. The van der Waals surface area contributed by atoms with Crippen LogP contribution in [0.15, 0.2) is 22.7 Å². The molecule has 0 saturated carbocycles. The molecule has 1 aromatic rings. The fourth-order valence-electron chi connectivity index (χ4n) is 2.60. The Morgan fingerprint density at radius 2 is 1.96 bits per heavy atom. The van der Waals surface area contributed by atoms with Gasteiger partial charge in [0, 0.05) is 30.7 Å². The van der Waals surface area contributed by atoms with Crippen LogP contribution in [0.5, 0.6) is 0 Å². The van der Waals surface area contributed by atoms with E-state index < -0.39 is 12.1 Å². The maximum atomic E-state index is 12.4. The Kier molecular flexibility index (Phi) is 7.31. The smallest absolute Gasteiger partial charge is 0.418 e. The van der Waals surface area contributed by atoms with Gasteiger partial charge >= 0.3 is 12.1 Å². The molecule has 2 rings (SSSR count). The SMILES string of the molecule is CCOC(=O)N(CCN)C(=O)NCCCN1C(=O)c2ccc(Br)cc2C1=O. The number of urea groups is 1. The van der Waals surface area contributed by atoms with E-state index in [9.17, 15) is 19.2 Å². The molecule has 0 saturated heterocycles. The lowest BCUT2D eigenvalue weighted by molar-refractivity contribution is 0.0653. The number of nitrogens with one attached hydrogen (secondary N) is 1. The number of imide groups is 2. The highest BCUT2D eigenvalue weighted by Gasteiger charge is 2.35. The summed E-state index contributed by atoms with van der Waals surface area (Å²) in [6, 6.07) is 4.28. The molecule has 9 nitrogen and oxygen atoms in total. The van der Waals surface area contributed by atoms with Gasteiger partial charge in [0.1, 0.15) is 0 Å². The Bertz CT molecular complexity index is 755. The number of amides is 5. The van der Waals surface area contributed by atoms with Crippen LogP contribution in [-0.4, -0.2) is 66.5 Å². The molecule has 0 atom stereocenters. The van der Waals surface area contributed by atoms with Crippen LogP contribution in [0.4, 0.5) is 9.59 Å². The van der Waals surface area contributed by atoms with Crippen LogP contribution in [-0.2, 0) is 4.74 Å². The maximum absolute atomic E-state index is 12.4. The zero-order chi connectivity index (χ0) is 20.0. The fraction of sp³-hybridized carbons (Fsp3) is 0.412. The van der Waals surface area contributed by atoms with E-state index in [4.69, 9.17) is 10.5 Å². The number of rotatable bonds is 7. The summed E-state index contributed by atoms with van der Waals surface area (Å²) < 4.78 is 5.53. The summed E-state index contributed by atoms with van der Waals surface area (Å²) in [4.78, 5) is 50.5. The van der Waals surface area contributed by atoms with Crippen molar-refractivity contribution >= 4 is 39.9 Å². The lowest BCUT2D eigenvalue weighted by atomic mass is 10.1. The minimum absolute atomic E-state index is 0.0257. The predicted molar refractivity (Wildman–Crippen MR) is 100 cm³/mol. The van der Waals surface area contributed by atoms with Gasteiger partial charge in [-0.3, -0.25) is 14.5 Å². The summed E-state index contributed by atoms with van der Waals surface area (Å²) in [5.41, 5.74) is 6.13. The number of halogens is 1. The number of fused-ring (bicyclic) bond motifs is 1. The van der Waals surface area contributed by atoms with Gasteiger partial charge in [-0.15, -0.1) is 0 Å². The van der Waals surface area contributed by atoms with Crippen molar-refractivity contribution in [1.82, 2.24) is 15.1 Å². The molecule has 0 aliphatic carbocycles. The van der Waals surface area contributed by atoms with Gasteiger partial charge < -0.3 is 15.8 Å².